The largest absolute Gasteiger partial charge is 0.444 e. The van der Waals surface area contributed by atoms with E-state index in [1.807, 2.05) is 39.8 Å². The molecule has 0 unspecified atom stereocenters. The average molecular weight is 257 g/mol. The van der Waals surface area contributed by atoms with Crippen LogP contribution in [0.5, 0.6) is 0 Å². The van der Waals surface area contributed by atoms with Gasteiger partial charge in [0.15, 0.2) is 6.29 Å². The highest BCUT2D eigenvalue weighted by atomic mass is 16.7. The highest BCUT2D eigenvalue weighted by Gasteiger charge is 2.26. The monoisotopic (exact) mass is 257 g/mol. The van der Waals surface area contributed by atoms with Gasteiger partial charge < -0.3 is 19.5 Å². The average Bonchev–Trinajstić information content (AvgIpc) is 2.26. The first-order chi connectivity index (χ1) is 8.31. The van der Waals surface area contributed by atoms with Gasteiger partial charge in [-0.3, -0.25) is 0 Å². The molecule has 0 radical (unpaired) electrons. The molecule has 0 aromatic carbocycles. The van der Waals surface area contributed by atoms with Gasteiger partial charge in [0.25, 0.3) is 0 Å². The summed E-state index contributed by atoms with van der Waals surface area (Å²) in [6.45, 7) is 7.38. The van der Waals surface area contributed by atoms with E-state index in [0.717, 1.165) is 6.42 Å². The quantitative estimate of drug-likeness (QED) is 0.788. The smallest absolute Gasteiger partial charge is 0.407 e. The molecule has 5 nitrogen and oxygen atoms in total. The van der Waals surface area contributed by atoms with Crippen molar-refractivity contribution in [2.75, 3.05) is 7.11 Å². The molecule has 1 amide bonds. The summed E-state index contributed by atoms with van der Waals surface area (Å²) in [6, 6.07) is -0.137. The minimum absolute atomic E-state index is 0.104. The zero-order valence-electron chi connectivity index (χ0n) is 11.7. The van der Waals surface area contributed by atoms with Gasteiger partial charge >= 0.3 is 6.09 Å². The summed E-state index contributed by atoms with van der Waals surface area (Å²) in [5.74, 6) is 0. The third-order valence-corrected chi connectivity index (χ3v) is 2.50. The first-order valence-electron chi connectivity index (χ1n) is 6.16. The van der Waals surface area contributed by atoms with E-state index in [9.17, 15) is 4.79 Å². The normalized spacial score (nSPS) is 25.6. The number of carbonyl (C=O) groups is 1. The van der Waals surface area contributed by atoms with Gasteiger partial charge in [-0.2, -0.15) is 0 Å². The zero-order valence-corrected chi connectivity index (χ0v) is 11.7. The Labute approximate surface area is 108 Å². The van der Waals surface area contributed by atoms with Crippen LogP contribution in [0.25, 0.3) is 0 Å². The van der Waals surface area contributed by atoms with Crippen LogP contribution in [0.1, 0.15) is 34.1 Å². The van der Waals surface area contributed by atoms with Crippen LogP contribution >= 0.6 is 0 Å². The van der Waals surface area contributed by atoms with Gasteiger partial charge in [0.1, 0.15) is 5.60 Å². The maximum absolute atomic E-state index is 11.6. The van der Waals surface area contributed by atoms with E-state index >= 15 is 0 Å². The molecule has 1 aliphatic heterocycles. The first kappa shape index (κ1) is 15.0. The molecule has 0 aliphatic carbocycles. The standard InChI is InChI=1S/C13H23NO4/c1-9(14-12(15)18-13(2,3)4)10-7-6-8-11(16-5)17-10/h6,8-11H,7H2,1-5H3,(H,14,15)/t9-,10-,11-/m0/s1. The van der Waals surface area contributed by atoms with Crippen molar-refractivity contribution in [3.63, 3.8) is 0 Å². The molecule has 1 rings (SSSR count). The molecule has 1 heterocycles. The van der Waals surface area contributed by atoms with Crippen molar-refractivity contribution in [3.8, 4) is 0 Å². The molecule has 0 saturated heterocycles. The van der Waals surface area contributed by atoms with E-state index in [0.29, 0.717) is 0 Å². The van der Waals surface area contributed by atoms with E-state index in [1.54, 1.807) is 7.11 Å². The van der Waals surface area contributed by atoms with Gasteiger partial charge in [-0.15, -0.1) is 0 Å². The van der Waals surface area contributed by atoms with Gasteiger partial charge in [-0.05, 0) is 40.2 Å². The molecule has 18 heavy (non-hydrogen) atoms. The Balaban J connectivity index is 2.43. The summed E-state index contributed by atoms with van der Waals surface area (Å²) < 4.78 is 16.0. The maximum atomic E-state index is 11.6. The van der Waals surface area contributed by atoms with Crippen LogP contribution in [-0.2, 0) is 14.2 Å². The molecule has 3 atom stereocenters. The minimum atomic E-state index is -0.494. The second kappa shape index (κ2) is 6.20. The van der Waals surface area contributed by atoms with Gasteiger partial charge in [0.2, 0.25) is 0 Å². The Morgan fingerprint density at radius 3 is 2.72 bits per heavy atom. The highest BCUT2D eigenvalue weighted by Crippen LogP contribution is 2.16. The summed E-state index contributed by atoms with van der Waals surface area (Å²) in [5, 5.41) is 2.78. The first-order valence-corrected chi connectivity index (χ1v) is 6.16. The summed E-state index contributed by atoms with van der Waals surface area (Å²) in [4.78, 5) is 11.6. The van der Waals surface area contributed by atoms with Crippen molar-refractivity contribution in [1.29, 1.82) is 0 Å². The van der Waals surface area contributed by atoms with Crippen molar-refractivity contribution in [2.45, 2.75) is 58.2 Å². The number of methoxy groups -OCH3 is 1. The van der Waals surface area contributed by atoms with Gasteiger partial charge in [-0.25, -0.2) is 4.79 Å². The Morgan fingerprint density at radius 1 is 1.50 bits per heavy atom. The molecule has 0 aromatic rings. The molecule has 5 heteroatoms. The molecular weight excluding hydrogens is 234 g/mol. The van der Waals surface area contributed by atoms with Crippen LogP contribution in [0.4, 0.5) is 4.79 Å². The highest BCUT2D eigenvalue weighted by molar-refractivity contribution is 5.68. The van der Waals surface area contributed by atoms with E-state index in [-0.39, 0.29) is 18.4 Å². The molecule has 0 bridgehead atoms. The Bertz CT molecular complexity index is 309. The predicted molar refractivity (Wildman–Crippen MR) is 68.3 cm³/mol. The SMILES string of the molecule is CO[C@@H]1C=CC[C@@H]([C@H](C)NC(=O)OC(C)(C)C)O1. The number of hydrogen-bond donors (Lipinski definition) is 1. The third-order valence-electron chi connectivity index (χ3n) is 2.50. The Kier molecular flexibility index (Phi) is 5.16. The van der Waals surface area contributed by atoms with E-state index in [1.165, 1.54) is 0 Å². The molecular formula is C13H23NO4. The number of nitrogens with one attached hydrogen (secondary N) is 1. The Morgan fingerprint density at radius 2 is 2.17 bits per heavy atom. The zero-order chi connectivity index (χ0) is 13.8. The number of ether oxygens (including phenoxy) is 3. The second-order valence-electron chi connectivity index (χ2n) is 5.38. The number of alkyl carbamates (subject to hydrolysis) is 1. The molecule has 0 spiro atoms. The molecule has 0 saturated carbocycles. The fourth-order valence-electron chi connectivity index (χ4n) is 1.64. The van der Waals surface area contributed by atoms with Crippen molar-refractivity contribution >= 4 is 6.09 Å². The number of carbonyl (C=O) groups excluding carboxylic acids is 1. The number of hydrogen-bond acceptors (Lipinski definition) is 4. The topological polar surface area (TPSA) is 56.8 Å². The van der Waals surface area contributed by atoms with Crippen molar-refractivity contribution in [2.24, 2.45) is 0 Å². The fourth-order valence-corrected chi connectivity index (χ4v) is 1.64. The summed E-state index contributed by atoms with van der Waals surface area (Å²) >= 11 is 0. The minimum Gasteiger partial charge on any atom is -0.444 e. The second-order valence-corrected chi connectivity index (χ2v) is 5.38. The molecule has 1 N–H and O–H groups in total. The summed E-state index contributed by atoms with van der Waals surface area (Å²) in [5.41, 5.74) is -0.494. The van der Waals surface area contributed by atoms with Gasteiger partial charge in [0.05, 0.1) is 12.1 Å². The predicted octanol–water partition coefficient (Wildman–Crippen LogP) is 2.22. The Hall–Kier alpha value is -1.07. The van der Waals surface area contributed by atoms with E-state index in [2.05, 4.69) is 5.32 Å². The lowest BCUT2D eigenvalue weighted by Crippen LogP contribution is -2.46. The third kappa shape index (κ3) is 5.06. The van der Waals surface area contributed by atoms with Crippen LogP contribution in [0, 0.1) is 0 Å². The van der Waals surface area contributed by atoms with Crippen LogP contribution in [-0.4, -0.2) is 37.2 Å². The van der Waals surface area contributed by atoms with Crippen LogP contribution in [0.2, 0.25) is 0 Å². The van der Waals surface area contributed by atoms with E-state index in [4.69, 9.17) is 14.2 Å². The van der Waals surface area contributed by atoms with Gasteiger partial charge in [-0.1, -0.05) is 6.08 Å². The number of rotatable bonds is 3. The lowest BCUT2D eigenvalue weighted by Gasteiger charge is -2.30. The molecule has 1 aliphatic rings. The summed E-state index contributed by atoms with van der Waals surface area (Å²) in [6.07, 6.45) is 3.73. The van der Waals surface area contributed by atoms with Crippen LogP contribution in [0.3, 0.4) is 0 Å². The van der Waals surface area contributed by atoms with Crippen molar-refractivity contribution < 1.29 is 19.0 Å². The molecule has 104 valence electrons. The molecule has 0 aromatic heterocycles. The lowest BCUT2D eigenvalue weighted by atomic mass is 10.1. The summed E-state index contributed by atoms with van der Waals surface area (Å²) in [7, 11) is 1.59. The lowest BCUT2D eigenvalue weighted by molar-refractivity contribution is -0.138. The van der Waals surface area contributed by atoms with Gasteiger partial charge in [0, 0.05) is 7.11 Å². The van der Waals surface area contributed by atoms with Crippen molar-refractivity contribution in [1.82, 2.24) is 5.32 Å². The van der Waals surface area contributed by atoms with E-state index < -0.39 is 11.7 Å². The fraction of sp³-hybridized carbons (Fsp3) is 0.769. The maximum Gasteiger partial charge on any atom is 0.407 e. The van der Waals surface area contributed by atoms with Crippen LogP contribution in [0.15, 0.2) is 12.2 Å². The van der Waals surface area contributed by atoms with Crippen molar-refractivity contribution in [3.05, 3.63) is 12.2 Å². The van der Waals surface area contributed by atoms with Crippen LogP contribution < -0.4 is 5.32 Å². The molecule has 0 fully saturated rings. The number of amides is 1.